The van der Waals surface area contributed by atoms with Crippen molar-refractivity contribution in [3.63, 3.8) is 0 Å². The summed E-state index contributed by atoms with van der Waals surface area (Å²) in [7, 11) is 0. The average Bonchev–Trinajstić information content (AvgIpc) is 2.14. The Kier molecular flexibility index (Phi) is 6.64. The molecule has 1 amide bonds. The van der Waals surface area contributed by atoms with Crippen LogP contribution in [0.2, 0.25) is 0 Å². The Morgan fingerprint density at radius 2 is 2.00 bits per heavy atom. The van der Waals surface area contributed by atoms with Crippen LogP contribution < -0.4 is 11.1 Å². The Balaban J connectivity index is 0.00000196. The van der Waals surface area contributed by atoms with Gasteiger partial charge in [0.15, 0.2) is 0 Å². The number of carbonyl (C=O) groups excluding carboxylic acids is 1. The number of nitrogens with one attached hydrogen (secondary N) is 1. The first kappa shape index (κ1) is 15.1. The Hall–Kier alpha value is 0.0700. The van der Waals surface area contributed by atoms with Gasteiger partial charge in [-0.25, -0.2) is 0 Å². The highest BCUT2D eigenvalue weighted by Crippen LogP contribution is 2.22. The number of amides is 1. The van der Waals surface area contributed by atoms with E-state index in [1.165, 1.54) is 0 Å². The summed E-state index contributed by atoms with van der Waals surface area (Å²) in [6, 6.07) is 0. The molecule has 1 rings (SSSR count). The Bertz CT molecular complexity index is 200. The summed E-state index contributed by atoms with van der Waals surface area (Å²) in [5, 5.41) is 2.92. The van der Waals surface area contributed by atoms with Crippen molar-refractivity contribution in [3.8, 4) is 0 Å². The van der Waals surface area contributed by atoms with Crippen molar-refractivity contribution in [1.82, 2.24) is 5.32 Å². The molecule has 0 aliphatic carbocycles. The summed E-state index contributed by atoms with van der Waals surface area (Å²) < 4.78 is 0. The fraction of sp³-hybridized carbons (Fsp3) is 0.900. The maximum atomic E-state index is 11.7. The van der Waals surface area contributed by atoms with E-state index < -0.39 is 0 Å². The van der Waals surface area contributed by atoms with Crippen molar-refractivity contribution in [2.75, 3.05) is 18.1 Å². The zero-order chi connectivity index (χ0) is 10.6. The van der Waals surface area contributed by atoms with E-state index in [4.69, 9.17) is 5.73 Å². The number of halogens is 1. The van der Waals surface area contributed by atoms with E-state index in [2.05, 4.69) is 5.32 Å². The molecule has 15 heavy (non-hydrogen) atoms. The molecule has 3 nitrogen and oxygen atoms in total. The third-order valence-electron chi connectivity index (χ3n) is 2.31. The summed E-state index contributed by atoms with van der Waals surface area (Å²) in [6.07, 6.45) is 2.03. The topological polar surface area (TPSA) is 55.1 Å². The molecule has 1 saturated heterocycles. The molecule has 5 heteroatoms. The van der Waals surface area contributed by atoms with Gasteiger partial charge in [0.25, 0.3) is 0 Å². The van der Waals surface area contributed by atoms with Gasteiger partial charge < -0.3 is 11.1 Å². The smallest absolute Gasteiger partial charge is 0.223 e. The molecule has 0 atom stereocenters. The van der Waals surface area contributed by atoms with Crippen LogP contribution in [-0.4, -0.2) is 29.5 Å². The van der Waals surface area contributed by atoms with Crippen molar-refractivity contribution < 1.29 is 4.79 Å². The second kappa shape index (κ2) is 6.61. The van der Waals surface area contributed by atoms with Crippen LogP contribution in [0.1, 0.15) is 26.7 Å². The first-order valence-electron chi connectivity index (χ1n) is 5.13. The monoisotopic (exact) mass is 252 g/mol. The zero-order valence-corrected chi connectivity index (χ0v) is 11.0. The van der Waals surface area contributed by atoms with E-state index >= 15 is 0 Å². The lowest BCUT2D eigenvalue weighted by atomic mass is 10.0. The molecule has 1 heterocycles. The van der Waals surface area contributed by atoms with Crippen LogP contribution in [0.5, 0.6) is 0 Å². The van der Waals surface area contributed by atoms with Gasteiger partial charge >= 0.3 is 0 Å². The van der Waals surface area contributed by atoms with Crippen LogP contribution in [0.4, 0.5) is 0 Å². The lowest BCUT2D eigenvalue weighted by Gasteiger charge is -2.24. The third-order valence-corrected chi connectivity index (χ3v) is 3.36. The molecular formula is C10H21ClN2OS. The van der Waals surface area contributed by atoms with Crippen LogP contribution >= 0.6 is 24.2 Å². The summed E-state index contributed by atoms with van der Waals surface area (Å²) >= 11 is 1.94. The maximum absolute atomic E-state index is 11.7. The van der Waals surface area contributed by atoms with Gasteiger partial charge in [0.05, 0.1) is 0 Å². The second-order valence-corrected chi connectivity index (χ2v) is 5.82. The van der Waals surface area contributed by atoms with E-state index in [1.807, 2.05) is 25.6 Å². The number of hydrogen-bond donors (Lipinski definition) is 2. The summed E-state index contributed by atoms with van der Waals surface area (Å²) in [5.74, 6) is 2.64. The maximum Gasteiger partial charge on any atom is 0.223 e. The van der Waals surface area contributed by atoms with E-state index in [9.17, 15) is 4.79 Å². The van der Waals surface area contributed by atoms with Crippen molar-refractivity contribution in [1.29, 1.82) is 0 Å². The third kappa shape index (κ3) is 6.28. The molecule has 0 bridgehead atoms. The van der Waals surface area contributed by atoms with Gasteiger partial charge in [0.2, 0.25) is 5.91 Å². The highest BCUT2D eigenvalue weighted by molar-refractivity contribution is 7.99. The Labute approximate surface area is 102 Å². The number of thioether (sulfide) groups is 1. The number of rotatable bonds is 3. The van der Waals surface area contributed by atoms with Gasteiger partial charge in [-0.05, 0) is 38.2 Å². The van der Waals surface area contributed by atoms with Crippen molar-refractivity contribution in [3.05, 3.63) is 0 Å². The molecule has 0 radical (unpaired) electrons. The minimum atomic E-state index is -0.306. The Morgan fingerprint density at radius 1 is 1.47 bits per heavy atom. The average molecular weight is 253 g/mol. The molecule has 1 fully saturated rings. The SMILES string of the molecule is CC(C)(N)CNC(=O)C1CCSCC1.Cl. The second-order valence-electron chi connectivity index (χ2n) is 4.59. The van der Waals surface area contributed by atoms with E-state index in [0.29, 0.717) is 6.54 Å². The normalized spacial score (nSPS) is 18.1. The van der Waals surface area contributed by atoms with Gasteiger partial charge in [-0.2, -0.15) is 11.8 Å². The van der Waals surface area contributed by atoms with Crippen molar-refractivity contribution in [2.24, 2.45) is 11.7 Å². The molecule has 0 saturated carbocycles. The Morgan fingerprint density at radius 3 is 2.47 bits per heavy atom. The molecule has 1 aliphatic rings. The highest BCUT2D eigenvalue weighted by Gasteiger charge is 2.22. The number of carbonyl (C=O) groups is 1. The van der Waals surface area contributed by atoms with Gasteiger partial charge in [0, 0.05) is 18.0 Å². The largest absolute Gasteiger partial charge is 0.354 e. The minimum Gasteiger partial charge on any atom is -0.354 e. The highest BCUT2D eigenvalue weighted by atomic mass is 35.5. The fourth-order valence-corrected chi connectivity index (χ4v) is 2.53. The van der Waals surface area contributed by atoms with Crippen LogP contribution in [0.15, 0.2) is 0 Å². The summed E-state index contributed by atoms with van der Waals surface area (Å²) in [4.78, 5) is 11.7. The van der Waals surface area contributed by atoms with Crippen LogP contribution in [0.3, 0.4) is 0 Å². The van der Waals surface area contributed by atoms with Crippen LogP contribution in [0, 0.1) is 5.92 Å². The summed E-state index contributed by atoms with van der Waals surface area (Å²) in [5.41, 5.74) is 5.49. The van der Waals surface area contributed by atoms with Crippen LogP contribution in [0.25, 0.3) is 0 Å². The first-order chi connectivity index (χ1) is 6.49. The van der Waals surface area contributed by atoms with Gasteiger partial charge in [-0.15, -0.1) is 12.4 Å². The molecule has 3 N–H and O–H groups in total. The molecule has 0 aromatic heterocycles. The molecule has 0 aromatic carbocycles. The first-order valence-corrected chi connectivity index (χ1v) is 6.29. The predicted molar refractivity (Wildman–Crippen MR) is 68.6 cm³/mol. The van der Waals surface area contributed by atoms with E-state index in [1.54, 1.807) is 0 Å². The van der Waals surface area contributed by atoms with E-state index in [-0.39, 0.29) is 29.8 Å². The van der Waals surface area contributed by atoms with Crippen molar-refractivity contribution >= 4 is 30.1 Å². The zero-order valence-electron chi connectivity index (χ0n) is 9.41. The van der Waals surface area contributed by atoms with Crippen LogP contribution in [-0.2, 0) is 4.79 Å². The minimum absolute atomic E-state index is 0. The van der Waals surface area contributed by atoms with Crippen molar-refractivity contribution in [2.45, 2.75) is 32.2 Å². The van der Waals surface area contributed by atoms with E-state index in [0.717, 1.165) is 24.3 Å². The molecule has 0 unspecified atom stereocenters. The predicted octanol–water partition coefficient (Wildman–Crippen LogP) is 1.40. The van der Waals surface area contributed by atoms with Gasteiger partial charge in [-0.1, -0.05) is 0 Å². The number of hydrogen-bond acceptors (Lipinski definition) is 3. The number of nitrogens with two attached hydrogens (primary N) is 1. The molecular weight excluding hydrogens is 232 g/mol. The quantitative estimate of drug-likeness (QED) is 0.799. The molecule has 1 aliphatic heterocycles. The standard InChI is InChI=1S/C10H20N2OS.ClH/c1-10(2,11)7-12-9(13)8-3-5-14-6-4-8;/h8H,3-7,11H2,1-2H3,(H,12,13);1H. The fourth-order valence-electron chi connectivity index (χ4n) is 1.42. The lowest BCUT2D eigenvalue weighted by molar-refractivity contribution is -0.125. The lowest BCUT2D eigenvalue weighted by Crippen LogP contribution is -2.47. The summed E-state index contributed by atoms with van der Waals surface area (Å²) in [6.45, 7) is 4.41. The van der Waals surface area contributed by atoms with Gasteiger partial charge in [0.1, 0.15) is 0 Å². The van der Waals surface area contributed by atoms with Gasteiger partial charge in [-0.3, -0.25) is 4.79 Å². The molecule has 90 valence electrons. The molecule has 0 spiro atoms. The molecule has 0 aromatic rings.